The number of hydrogen-bond donors (Lipinski definition) is 1. The molecular weight excluding hydrogens is 290 g/mol. The van der Waals surface area contributed by atoms with E-state index in [1.54, 1.807) is 6.07 Å². The van der Waals surface area contributed by atoms with E-state index in [1.807, 2.05) is 0 Å². The molecule has 2 rings (SSSR count). The Morgan fingerprint density at radius 2 is 1.88 bits per heavy atom. The number of aliphatic carboxylic acids is 1. The number of carbonyl (C=O) groups excluding carboxylic acids is 2. The fourth-order valence-corrected chi connectivity index (χ4v) is 2.05. The van der Waals surface area contributed by atoms with Crippen LogP contribution < -0.4 is 0 Å². The van der Waals surface area contributed by atoms with E-state index >= 15 is 0 Å². The molecule has 1 atom stereocenters. The summed E-state index contributed by atoms with van der Waals surface area (Å²) in [5.41, 5.74) is 0.476. The van der Waals surface area contributed by atoms with Gasteiger partial charge in [0.05, 0.1) is 11.1 Å². The molecule has 0 fully saturated rings. The number of amides is 2. The Balaban J connectivity index is 2.49. The van der Waals surface area contributed by atoms with Crippen molar-refractivity contribution in [1.82, 2.24) is 4.90 Å². The number of hydrogen-bond acceptors (Lipinski definition) is 3. The average Bonchev–Trinajstić information content (AvgIpc) is 2.50. The molecule has 88 valence electrons. The molecule has 0 saturated carbocycles. The van der Waals surface area contributed by atoms with Crippen LogP contribution in [0.2, 0.25) is 0 Å². The third kappa shape index (κ3) is 1.74. The Morgan fingerprint density at radius 1 is 1.29 bits per heavy atom. The van der Waals surface area contributed by atoms with E-state index in [9.17, 15) is 14.4 Å². The molecule has 1 aliphatic rings. The average molecular weight is 298 g/mol. The van der Waals surface area contributed by atoms with E-state index in [1.165, 1.54) is 19.1 Å². The standard InChI is InChI=1S/C11H8BrNO4/c1-5(11(16)17)13-9(14)7-3-2-6(12)4-8(7)10(13)15/h2-5H,1H3,(H,16,17)/t5-/m0/s1. The van der Waals surface area contributed by atoms with E-state index in [4.69, 9.17) is 5.11 Å². The molecule has 0 aromatic heterocycles. The molecule has 1 heterocycles. The highest BCUT2D eigenvalue weighted by Gasteiger charge is 2.40. The summed E-state index contributed by atoms with van der Waals surface area (Å²) in [5.74, 6) is -2.34. The van der Waals surface area contributed by atoms with E-state index < -0.39 is 23.8 Å². The highest BCUT2D eigenvalue weighted by molar-refractivity contribution is 9.10. The van der Waals surface area contributed by atoms with Crippen LogP contribution in [0.15, 0.2) is 22.7 Å². The normalized spacial score (nSPS) is 16.0. The highest BCUT2D eigenvalue weighted by atomic mass is 79.9. The molecule has 6 heteroatoms. The first-order valence-corrected chi connectivity index (χ1v) is 5.63. The lowest BCUT2D eigenvalue weighted by molar-refractivity contribution is -0.140. The lowest BCUT2D eigenvalue weighted by Crippen LogP contribution is -2.42. The zero-order valence-corrected chi connectivity index (χ0v) is 10.4. The second kappa shape index (κ2) is 3.96. The van der Waals surface area contributed by atoms with Crippen molar-refractivity contribution in [3.8, 4) is 0 Å². The Bertz CT molecular complexity index is 540. The summed E-state index contributed by atoms with van der Waals surface area (Å²) < 4.78 is 0.669. The highest BCUT2D eigenvalue weighted by Crippen LogP contribution is 2.27. The van der Waals surface area contributed by atoms with Crippen LogP contribution in [0, 0.1) is 0 Å². The van der Waals surface area contributed by atoms with Gasteiger partial charge in [-0.2, -0.15) is 0 Å². The molecule has 1 aliphatic heterocycles. The van der Waals surface area contributed by atoms with Crippen LogP contribution >= 0.6 is 15.9 Å². The number of fused-ring (bicyclic) bond motifs is 1. The van der Waals surface area contributed by atoms with Gasteiger partial charge in [-0.25, -0.2) is 4.79 Å². The number of carbonyl (C=O) groups is 3. The number of imide groups is 1. The lowest BCUT2D eigenvalue weighted by atomic mass is 10.1. The van der Waals surface area contributed by atoms with E-state index in [0.29, 0.717) is 4.47 Å². The van der Waals surface area contributed by atoms with Crippen LogP contribution in [0.5, 0.6) is 0 Å². The van der Waals surface area contributed by atoms with Gasteiger partial charge in [-0.15, -0.1) is 0 Å². The van der Waals surface area contributed by atoms with Crippen LogP contribution in [0.1, 0.15) is 27.6 Å². The molecule has 5 nitrogen and oxygen atoms in total. The van der Waals surface area contributed by atoms with E-state index in [2.05, 4.69) is 15.9 Å². The Labute approximate surface area is 105 Å². The van der Waals surface area contributed by atoms with E-state index in [0.717, 1.165) is 4.90 Å². The lowest BCUT2D eigenvalue weighted by Gasteiger charge is -2.17. The van der Waals surface area contributed by atoms with Crippen LogP contribution in [0.3, 0.4) is 0 Å². The number of nitrogens with zero attached hydrogens (tertiary/aromatic N) is 1. The summed E-state index contributed by atoms with van der Waals surface area (Å²) in [6, 6.07) is 3.50. The molecule has 0 aliphatic carbocycles. The third-order valence-corrected chi connectivity index (χ3v) is 3.12. The van der Waals surface area contributed by atoms with Gasteiger partial charge in [0, 0.05) is 4.47 Å². The number of carboxylic acid groups (broad SMARTS) is 1. The fraction of sp³-hybridized carbons (Fsp3) is 0.182. The maximum absolute atomic E-state index is 11.9. The molecule has 0 saturated heterocycles. The van der Waals surface area contributed by atoms with Gasteiger partial charge in [-0.3, -0.25) is 14.5 Å². The molecule has 1 aromatic carbocycles. The Kier molecular flexibility index (Phi) is 2.74. The molecule has 0 bridgehead atoms. The predicted octanol–water partition coefficient (Wildman–Crippen LogP) is 1.52. The molecule has 0 unspecified atom stereocenters. The largest absolute Gasteiger partial charge is 0.480 e. The fourth-order valence-electron chi connectivity index (χ4n) is 1.69. The molecule has 0 spiro atoms. The number of benzene rings is 1. The zero-order valence-electron chi connectivity index (χ0n) is 8.81. The van der Waals surface area contributed by atoms with Gasteiger partial charge in [-0.1, -0.05) is 15.9 Å². The van der Waals surface area contributed by atoms with Gasteiger partial charge in [-0.05, 0) is 25.1 Å². The summed E-state index contributed by atoms with van der Waals surface area (Å²) in [7, 11) is 0. The summed E-state index contributed by atoms with van der Waals surface area (Å²) >= 11 is 3.20. The number of rotatable bonds is 2. The molecular formula is C11H8BrNO4. The number of carboxylic acids is 1. The minimum atomic E-state index is -1.21. The van der Waals surface area contributed by atoms with Crippen molar-refractivity contribution in [3.63, 3.8) is 0 Å². The quantitative estimate of drug-likeness (QED) is 0.840. The molecule has 17 heavy (non-hydrogen) atoms. The van der Waals surface area contributed by atoms with Gasteiger partial charge in [0.15, 0.2) is 0 Å². The monoisotopic (exact) mass is 297 g/mol. The van der Waals surface area contributed by atoms with Crippen molar-refractivity contribution < 1.29 is 19.5 Å². The van der Waals surface area contributed by atoms with Gasteiger partial charge in [0.25, 0.3) is 11.8 Å². The second-order valence-electron chi connectivity index (χ2n) is 3.68. The summed E-state index contributed by atoms with van der Waals surface area (Å²) in [5, 5.41) is 8.86. The molecule has 2 amide bonds. The maximum Gasteiger partial charge on any atom is 0.326 e. The second-order valence-corrected chi connectivity index (χ2v) is 4.60. The van der Waals surface area contributed by atoms with Crippen molar-refractivity contribution in [1.29, 1.82) is 0 Å². The van der Waals surface area contributed by atoms with Gasteiger partial charge in [0.1, 0.15) is 6.04 Å². The zero-order chi connectivity index (χ0) is 12.7. The van der Waals surface area contributed by atoms with Crippen LogP contribution in [0.25, 0.3) is 0 Å². The summed E-state index contributed by atoms with van der Waals surface area (Å²) in [4.78, 5) is 35.4. The van der Waals surface area contributed by atoms with Crippen LogP contribution in [-0.2, 0) is 4.79 Å². The molecule has 0 radical (unpaired) electrons. The molecule has 1 aromatic rings. The Morgan fingerprint density at radius 3 is 2.47 bits per heavy atom. The minimum absolute atomic E-state index is 0.234. The third-order valence-electron chi connectivity index (χ3n) is 2.62. The van der Waals surface area contributed by atoms with Crippen LogP contribution in [0.4, 0.5) is 0 Å². The van der Waals surface area contributed by atoms with E-state index in [-0.39, 0.29) is 11.1 Å². The summed E-state index contributed by atoms with van der Waals surface area (Å²) in [6.45, 7) is 1.30. The Hall–Kier alpha value is -1.69. The first-order valence-electron chi connectivity index (χ1n) is 4.83. The molecule has 1 N–H and O–H groups in total. The first-order chi connectivity index (χ1) is 7.93. The van der Waals surface area contributed by atoms with Gasteiger partial charge in [0.2, 0.25) is 0 Å². The smallest absolute Gasteiger partial charge is 0.326 e. The van der Waals surface area contributed by atoms with Crippen molar-refractivity contribution in [2.45, 2.75) is 13.0 Å². The van der Waals surface area contributed by atoms with Gasteiger partial charge >= 0.3 is 5.97 Å². The van der Waals surface area contributed by atoms with Crippen molar-refractivity contribution in [2.24, 2.45) is 0 Å². The maximum atomic E-state index is 11.9. The number of halogens is 1. The van der Waals surface area contributed by atoms with Gasteiger partial charge < -0.3 is 5.11 Å². The summed E-state index contributed by atoms with van der Waals surface area (Å²) in [6.07, 6.45) is 0. The SMILES string of the molecule is C[C@@H](C(=O)O)N1C(=O)c2ccc(Br)cc2C1=O. The van der Waals surface area contributed by atoms with Crippen molar-refractivity contribution in [3.05, 3.63) is 33.8 Å². The van der Waals surface area contributed by atoms with Crippen LogP contribution in [-0.4, -0.2) is 33.8 Å². The van der Waals surface area contributed by atoms with Crippen molar-refractivity contribution in [2.75, 3.05) is 0 Å². The van der Waals surface area contributed by atoms with Crippen molar-refractivity contribution >= 4 is 33.7 Å². The predicted molar refractivity (Wildman–Crippen MR) is 61.7 cm³/mol. The topological polar surface area (TPSA) is 74.7 Å². The first kappa shape index (κ1) is 11.8. The minimum Gasteiger partial charge on any atom is -0.480 e.